The highest BCUT2D eigenvalue weighted by Gasteiger charge is 2.61. The molecule has 1 aliphatic carbocycles. The van der Waals surface area contributed by atoms with Gasteiger partial charge in [0.15, 0.2) is 0 Å². The third-order valence-corrected chi connectivity index (χ3v) is 16.4. The van der Waals surface area contributed by atoms with Gasteiger partial charge < -0.3 is 20.1 Å². The molecule has 5 aromatic rings. The highest BCUT2D eigenvalue weighted by atomic mass is 16.2. The Morgan fingerprint density at radius 1 is 0.881 bits per heavy atom. The van der Waals surface area contributed by atoms with Crippen LogP contribution in [0, 0.1) is 5.92 Å². The Morgan fingerprint density at radius 3 is 2.36 bits per heavy atom. The van der Waals surface area contributed by atoms with Gasteiger partial charge in [-0.15, -0.1) is 0 Å². The van der Waals surface area contributed by atoms with Gasteiger partial charge >= 0.3 is 0 Å². The molecule has 1 spiro atoms. The van der Waals surface area contributed by atoms with Crippen molar-refractivity contribution in [2.75, 3.05) is 67.9 Å². The summed E-state index contributed by atoms with van der Waals surface area (Å²) in [5.74, 6) is 1.03. The Balaban J connectivity index is 0.650. The second-order valence-corrected chi connectivity index (χ2v) is 20.3. The lowest BCUT2D eigenvalue weighted by atomic mass is 9.88. The molecule has 1 saturated carbocycles. The zero-order valence-electron chi connectivity index (χ0n) is 39.0. The molecule has 0 bridgehead atoms. The van der Waals surface area contributed by atoms with Crippen molar-refractivity contribution in [3.05, 3.63) is 102 Å². The summed E-state index contributed by atoms with van der Waals surface area (Å²) in [6, 6.07) is 23.0. The van der Waals surface area contributed by atoms with Gasteiger partial charge in [0, 0.05) is 111 Å². The van der Waals surface area contributed by atoms with E-state index in [1.807, 2.05) is 42.7 Å². The maximum absolute atomic E-state index is 13.8. The molecule has 2 aromatic carbocycles. The van der Waals surface area contributed by atoms with Gasteiger partial charge in [-0.1, -0.05) is 12.1 Å². The molecule has 0 radical (unpaired) electrons. The quantitative estimate of drug-likeness (QED) is 0.159. The second kappa shape index (κ2) is 17.2. The highest BCUT2D eigenvalue weighted by Crippen LogP contribution is 2.59. The molecule has 5 aliphatic heterocycles. The number of piperidine rings is 3. The Bertz CT molecular complexity index is 2730. The summed E-state index contributed by atoms with van der Waals surface area (Å²) in [6.45, 7) is 12.0. The zero-order valence-corrected chi connectivity index (χ0v) is 39.0. The average Bonchev–Trinajstić information content (AvgIpc) is 4.04. The number of nitrogens with two attached hydrogens (primary N) is 1. The monoisotopic (exact) mass is 902 g/mol. The molecule has 3 N–H and O–H groups in total. The van der Waals surface area contributed by atoms with Crippen LogP contribution in [0.4, 0.5) is 17.2 Å². The summed E-state index contributed by atoms with van der Waals surface area (Å²) in [7, 11) is 2.11. The maximum Gasteiger partial charge on any atom is 0.253 e. The molecule has 3 atom stereocenters. The maximum atomic E-state index is 13.8. The summed E-state index contributed by atoms with van der Waals surface area (Å²) < 4.78 is 2.23. The summed E-state index contributed by atoms with van der Waals surface area (Å²) in [4.78, 5) is 72.6. The molecule has 5 fully saturated rings. The molecule has 348 valence electrons. The number of carbonyl (C=O) groups excluding carboxylic acids is 4. The molecule has 67 heavy (non-hydrogen) atoms. The number of imide groups is 1. The topological polar surface area (TPSA) is 153 Å². The first-order chi connectivity index (χ1) is 32.5. The zero-order chi connectivity index (χ0) is 46.1. The summed E-state index contributed by atoms with van der Waals surface area (Å²) in [6.07, 6.45) is 10.1. The van der Waals surface area contributed by atoms with Gasteiger partial charge in [0.2, 0.25) is 17.7 Å². The number of nitrogens with one attached hydrogen (secondary N) is 1. The smallest absolute Gasteiger partial charge is 0.253 e. The van der Waals surface area contributed by atoms with Crippen molar-refractivity contribution < 1.29 is 19.2 Å². The normalized spacial score (nSPS) is 23.3. The van der Waals surface area contributed by atoms with Gasteiger partial charge in [-0.05, 0) is 155 Å². The number of hydrogen-bond acceptors (Lipinski definition) is 10. The molecule has 3 aromatic heterocycles. The Hall–Kier alpha value is -6.12. The van der Waals surface area contributed by atoms with E-state index in [2.05, 4.69) is 91.8 Å². The number of hydrogen-bond donors (Lipinski definition) is 2. The number of pyridine rings is 2. The van der Waals surface area contributed by atoms with Crippen LogP contribution in [0.5, 0.6) is 0 Å². The first-order valence-corrected chi connectivity index (χ1v) is 24.6. The number of aryl methyl sites for hydroxylation is 1. The van der Waals surface area contributed by atoms with E-state index in [0.717, 1.165) is 136 Å². The number of benzene rings is 2. The number of fused-ring (bicyclic) bond motifs is 3. The van der Waals surface area contributed by atoms with Crippen LogP contribution in [0.2, 0.25) is 0 Å². The highest BCUT2D eigenvalue weighted by molar-refractivity contribution is 6.15. The number of rotatable bonds is 9. The van der Waals surface area contributed by atoms with Crippen molar-refractivity contribution in [1.82, 2.24) is 34.6 Å². The molecular weight excluding hydrogens is 841 g/mol. The van der Waals surface area contributed by atoms with Crippen LogP contribution in [0.3, 0.4) is 0 Å². The predicted octanol–water partition coefficient (Wildman–Crippen LogP) is 6.40. The SMILES string of the molecule is C[C@H]1CN(c2ccc3c(c2)C2(CC2)C(=O)N3C2CCC(=O)NC2=O)CCN1CC1CCN(C(=O)c2ccc(C3CCN([C@@H](C)c4cc5c(-c6ccc(N)nc6)ccnc5n4C)CC3)cc2)CC1. The number of anilines is 3. The van der Waals surface area contributed by atoms with E-state index in [1.165, 1.54) is 11.3 Å². The second-order valence-electron chi connectivity index (χ2n) is 20.3. The van der Waals surface area contributed by atoms with Crippen LogP contribution in [0.1, 0.15) is 104 Å². The minimum Gasteiger partial charge on any atom is -0.384 e. The number of aromatic nitrogens is 3. The predicted molar refractivity (Wildman–Crippen MR) is 260 cm³/mol. The van der Waals surface area contributed by atoms with Crippen molar-refractivity contribution in [2.45, 2.75) is 94.7 Å². The number of carbonyl (C=O) groups is 4. The molecule has 14 nitrogen and oxygen atoms in total. The van der Waals surface area contributed by atoms with E-state index in [9.17, 15) is 19.2 Å². The first kappa shape index (κ1) is 43.5. The van der Waals surface area contributed by atoms with Crippen molar-refractivity contribution in [3.63, 3.8) is 0 Å². The lowest BCUT2D eigenvalue weighted by Gasteiger charge is -2.43. The van der Waals surface area contributed by atoms with Gasteiger partial charge in [-0.3, -0.25) is 39.2 Å². The van der Waals surface area contributed by atoms with Crippen molar-refractivity contribution in [3.8, 4) is 11.1 Å². The van der Waals surface area contributed by atoms with Gasteiger partial charge in [0.1, 0.15) is 17.5 Å². The summed E-state index contributed by atoms with van der Waals surface area (Å²) in [5.41, 5.74) is 14.8. The minimum absolute atomic E-state index is 0.00689. The Kier molecular flexibility index (Phi) is 11.2. The molecule has 1 unspecified atom stereocenters. The third-order valence-electron chi connectivity index (χ3n) is 16.4. The summed E-state index contributed by atoms with van der Waals surface area (Å²) >= 11 is 0. The standard InChI is InChI=1S/C53H62N10O4/c1-33-31-62(40-9-10-44-43(28-40)53(19-20-53)52(67)63(44)45-11-13-48(64)57-50(45)65)27-26-61(33)32-35-15-22-60(23-16-35)51(66)38-6-4-36(5-7-38)37-17-24-59(25-18-37)34(2)46-29-42-41(14-21-55-49(42)58(46)3)39-8-12-47(54)56-30-39/h4-10,12,14,21,28-30,33-35,37,45H,11,13,15-20,22-27,31-32H2,1-3H3,(H2,54,56)(H,57,64,65)/t33-,34-,45?/m0/s1. The van der Waals surface area contributed by atoms with Gasteiger partial charge in [0.05, 0.1) is 5.41 Å². The number of nitrogens with zero attached hydrogens (tertiary/aromatic N) is 8. The van der Waals surface area contributed by atoms with Crippen LogP contribution < -0.4 is 20.9 Å². The average molecular weight is 903 g/mol. The minimum atomic E-state index is -0.636. The molecule has 14 heteroatoms. The van der Waals surface area contributed by atoms with Crippen LogP contribution in [-0.4, -0.2) is 117 Å². The van der Waals surface area contributed by atoms with Crippen LogP contribution >= 0.6 is 0 Å². The molecule has 4 amide bonds. The lowest BCUT2D eigenvalue weighted by molar-refractivity contribution is -0.135. The fraction of sp³-hybridized carbons (Fsp3) is 0.472. The first-order valence-electron chi connectivity index (χ1n) is 24.6. The number of amides is 4. The van der Waals surface area contributed by atoms with E-state index in [0.29, 0.717) is 30.1 Å². The molecule has 6 aliphatic rings. The van der Waals surface area contributed by atoms with Gasteiger partial charge in [-0.25, -0.2) is 9.97 Å². The largest absolute Gasteiger partial charge is 0.384 e. The molecule has 4 saturated heterocycles. The van der Waals surface area contributed by atoms with E-state index in [1.54, 1.807) is 4.90 Å². The van der Waals surface area contributed by atoms with Gasteiger partial charge in [-0.2, -0.15) is 0 Å². The Labute approximate surface area is 392 Å². The Morgan fingerprint density at radius 2 is 1.66 bits per heavy atom. The lowest BCUT2D eigenvalue weighted by Crippen LogP contribution is -2.54. The van der Waals surface area contributed by atoms with Gasteiger partial charge in [0.25, 0.3) is 5.91 Å². The third kappa shape index (κ3) is 7.85. The number of piperazine rings is 1. The molecule has 8 heterocycles. The van der Waals surface area contributed by atoms with E-state index < -0.39 is 11.5 Å². The fourth-order valence-electron chi connectivity index (χ4n) is 12.1. The molecular formula is C53H62N10O4. The van der Waals surface area contributed by atoms with Crippen LogP contribution in [-0.2, 0) is 26.8 Å². The summed E-state index contributed by atoms with van der Waals surface area (Å²) in [5, 5.41) is 3.56. The number of nitrogen functional groups attached to an aromatic ring is 1. The van der Waals surface area contributed by atoms with E-state index in [-0.39, 0.29) is 36.1 Å². The molecule has 11 rings (SSSR count). The van der Waals surface area contributed by atoms with Crippen molar-refractivity contribution >= 4 is 51.9 Å². The fourth-order valence-corrected chi connectivity index (χ4v) is 12.1. The van der Waals surface area contributed by atoms with E-state index in [4.69, 9.17) is 10.7 Å². The van der Waals surface area contributed by atoms with Crippen LogP contribution in [0.25, 0.3) is 22.2 Å². The van der Waals surface area contributed by atoms with Crippen molar-refractivity contribution in [2.24, 2.45) is 13.0 Å². The van der Waals surface area contributed by atoms with E-state index >= 15 is 0 Å². The van der Waals surface area contributed by atoms with Crippen molar-refractivity contribution in [1.29, 1.82) is 0 Å². The van der Waals surface area contributed by atoms with Crippen LogP contribution in [0.15, 0.2) is 79.1 Å². The number of likely N-dealkylation sites (tertiary alicyclic amines) is 2.